The fourth-order valence-electron chi connectivity index (χ4n) is 2.60. The number of fused-ring (bicyclic) bond motifs is 1. The van der Waals surface area contributed by atoms with Crippen molar-refractivity contribution in [3.05, 3.63) is 81.5 Å². The number of ether oxygens (including phenoxy) is 1. The summed E-state index contributed by atoms with van der Waals surface area (Å²) in [5.41, 5.74) is 0.614. The molecular formula is C20H13ClN2O5. The first-order valence-corrected chi connectivity index (χ1v) is 8.72. The van der Waals surface area contributed by atoms with Gasteiger partial charge in [-0.25, -0.2) is 4.79 Å². The molecule has 0 saturated heterocycles. The lowest BCUT2D eigenvalue weighted by atomic mass is 10.2. The van der Waals surface area contributed by atoms with Crippen LogP contribution in [0.4, 0.5) is 0 Å². The first kappa shape index (κ1) is 17.9. The number of halogens is 1. The van der Waals surface area contributed by atoms with E-state index < -0.39 is 17.5 Å². The second-order valence-electron chi connectivity index (χ2n) is 5.99. The van der Waals surface area contributed by atoms with Crippen LogP contribution in [0.5, 0.6) is 0 Å². The van der Waals surface area contributed by atoms with Gasteiger partial charge in [-0.1, -0.05) is 47.1 Å². The Morgan fingerprint density at radius 3 is 2.71 bits per heavy atom. The minimum atomic E-state index is -0.830. The molecular weight excluding hydrogens is 384 g/mol. The average molecular weight is 397 g/mol. The summed E-state index contributed by atoms with van der Waals surface area (Å²) in [6, 6.07) is 14.9. The molecule has 1 atom stereocenters. The zero-order valence-corrected chi connectivity index (χ0v) is 15.3. The number of esters is 1. The van der Waals surface area contributed by atoms with Crippen molar-refractivity contribution in [2.24, 2.45) is 0 Å². The van der Waals surface area contributed by atoms with E-state index in [1.54, 1.807) is 13.0 Å². The molecule has 2 aromatic carbocycles. The minimum Gasteiger partial charge on any atom is -0.449 e. The van der Waals surface area contributed by atoms with E-state index in [0.29, 0.717) is 10.8 Å². The molecule has 0 saturated carbocycles. The van der Waals surface area contributed by atoms with Crippen molar-refractivity contribution in [2.75, 3.05) is 0 Å². The molecule has 140 valence electrons. The van der Waals surface area contributed by atoms with Crippen molar-refractivity contribution >= 4 is 28.5 Å². The Hall–Kier alpha value is -3.45. The molecule has 0 unspecified atom stereocenters. The van der Waals surface area contributed by atoms with Gasteiger partial charge in [-0.2, -0.15) is 4.98 Å². The summed E-state index contributed by atoms with van der Waals surface area (Å²) < 4.78 is 16.0. The van der Waals surface area contributed by atoms with Gasteiger partial charge in [0.25, 0.3) is 5.89 Å². The fraction of sp³-hybridized carbons (Fsp3) is 0.100. The molecule has 0 fully saturated rings. The van der Waals surface area contributed by atoms with Crippen LogP contribution >= 0.6 is 11.6 Å². The molecule has 0 amide bonds. The number of nitrogens with zero attached hydrogens (tertiary/aromatic N) is 2. The summed E-state index contributed by atoms with van der Waals surface area (Å²) in [5, 5.41) is 4.56. The van der Waals surface area contributed by atoms with E-state index in [-0.39, 0.29) is 22.6 Å². The highest BCUT2D eigenvalue weighted by molar-refractivity contribution is 6.31. The number of benzene rings is 2. The van der Waals surface area contributed by atoms with Gasteiger partial charge in [0.2, 0.25) is 11.6 Å². The highest BCUT2D eigenvalue weighted by Gasteiger charge is 2.22. The van der Waals surface area contributed by atoms with Gasteiger partial charge in [-0.15, -0.1) is 0 Å². The Bertz CT molecular complexity index is 1220. The van der Waals surface area contributed by atoms with Gasteiger partial charge in [0.15, 0.2) is 11.5 Å². The summed E-state index contributed by atoms with van der Waals surface area (Å²) in [6.45, 7) is 1.58. The Kier molecular flexibility index (Phi) is 4.67. The third-order valence-corrected chi connectivity index (χ3v) is 4.23. The van der Waals surface area contributed by atoms with Crippen LogP contribution in [0, 0.1) is 0 Å². The summed E-state index contributed by atoms with van der Waals surface area (Å²) in [4.78, 5) is 28.8. The normalized spacial score (nSPS) is 12.1. The molecule has 8 heteroatoms. The molecule has 7 nitrogen and oxygen atoms in total. The first-order valence-electron chi connectivity index (χ1n) is 8.34. The lowest BCUT2D eigenvalue weighted by Crippen LogP contribution is -2.12. The summed E-state index contributed by atoms with van der Waals surface area (Å²) in [5.74, 6) is -0.537. The molecule has 2 aromatic heterocycles. The van der Waals surface area contributed by atoms with Crippen molar-refractivity contribution in [1.29, 1.82) is 0 Å². The Morgan fingerprint density at radius 2 is 1.93 bits per heavy atom. The van der Waals surface area contributed by atoms with E-state index in [0.717, 1.165) is 11.6 Å². The smallest absolute Gasteiger partial charge is 0.375 e. The number of carbonyl (C=O) groups excluding carboxylic acids is 1. The predicted octanol–water partition coefficient (Wildman–Crippen LogP) is 4.41. The van der Waals surface area contributed by atoms with Crippen molar-refractivity contribution in [1.82, 2.24) is 10.1 Å². The van der Waals surface area contributed by atoms with Gasteiger partial charge < -0.3 is 13.7 Å². The molecule has 0 radical (unpaired) electrons. The Labute approximate surface area is 163 Å². The molecule has 2 heterocycles. The zero-order valence-electron chi connectivity index (χ0n) is 14.6. The average Bonchev–Trinajstić information content (AvgIpc) is 3.19. The van der Waals surface area contributed by atoms with Gasteiger partial charge in [0.05, 0.1) is 5.39 Å². The van der Waals surface area contributed by atoms with Gasteiger partial charge in [0.1, 0.15) is 5.58 Å². The molecule has 0 aliphatic heterocycles. The van der Waals surface area contributed by atoms with Gasteiger partial charge in [0, 0.05) is 16.7 Å². The summed E-state index contributed by atoms with van der Waals surface area (Å²) in [7, 11) is 0. The molecule has 0 aliphatic rings. The molecule has 0 N–H and O–H groups in total. The molecule has 4 rings (SSSR count). The van der Waals surface area contributed by atoms with Crippen LogP contribution in [0.15, 0.2) is 68.3 Å². The minimum absolute atomic E-state index is 0.127. The maximum atomic E-state index is 12.4. The maximum Gasteiger partial charge on any atom is 0.375 e. The lowest BCUT2D eigenvalue weighted by molar-refractivity contribution is 0.0231. The SMILES string of the molecule is C[C@@H](OC(=O)c1cc(=O)c2cc(Cl)ccc2o1)c1nc(-c2ccccc2)no1. The van der Waals surface area contributed by atoms with E-state index in [1.165, 1.54) is 12.1 Å². The van der Waals surface area contributed by atoms with Gasteiger partial charge in [-0.3, -0.25) is 4.79 Å². The van der Waals surface area contributed by atoms with Crippen molar-refractivity contribution < 1.29 is 18.5 Å². The number of hydrogen-bond donors (Lipinski definition) is 0. The second-order valence-corrected chi connectivity index (χ2v) is 6.42. The number of carbonyl (C=O) groups is 1. The van der Waals surface area contributed by atoms with Crippen LogP contribution in [0.1, 0.15) is 29.5 Å². The molecule has 0 bridgehead atoms. The molecule has 28 heavy (non-hydrogen) atoms. The third-order valence-electron chi connectivity index (χ3n) is 4.00. The predicted molar refractivity (Wildman–Crippen MR) is 101 cm³/mol. The highest BCUT2D eigenvalue weighted by atomic mass is 35.5. The lowest BCUT2D eigenvalue weighted by Gasteiger charge is -2.08. The Balaban J connectivity index is 1.55. The largest absolute Gasteiger partial charge is 0.449 e. The van der Waals surface area contributed by atoms with E-state index in [2.05, 4.69) is 10.1 Å². The van der Waals surface area contributed by atoms with Crippen LogP contribution in [-0.4, -0.2) is 16.1 Å². The van der Waals surface area contributed by atoms with Gasteiger partial charge in [-0.05, 0) is 25.1 Å². The quantitative estimate of drug-likeness (QED) is 0.471. The highest BCUT2D eigenvalue weighted by Crippen LogP contribution is 2.22. The number of aromatic nitrogens is 2. The third kappa shape index (κ3) is 3.52. The zero-order chi connectivity index (χ0) is 19.7. The summed E-state index contributed by atoms with van der Waals surface area (Å²) in [6.07, 6.45) is -0.830. The van der Waals surface area contributed by atoms with E-state index in [9.17, 15) is 9.59 Å². The summed E-state index contributed by atoms with van der Waals surface area (Å²) >= 11 is 5.88. The first-order chi connectivity index (χ1) is 13.5. The van der Waals surface area contributed by atoms with Crippen LogP contribution < -0.4 is 5.43 Å². The van der Waals surface area contributed by atoms with E-state index >= 15 is 0 Å². The second kappa shape index (κ2) is 7.28. The van der Waals surface area contributed by atoms with Crippen LogP contribution in [0.3, 0.4) is 0 Å². The standard InChI is InChI=1S/C20H13ClN2O5/c1-11(19-22-18(23-28-19)12-5-3-2-4-6-12)26-20(25)17-10-15(24)14-9-13(21)7-8-16(14)27-17/h2-11H,1H3/t11-/m1/s1. The maximum absolute atomic E-state index is 12.4. The Morgan fingerprint density at radius 1 is 1.14 bits per heavy atom. The van der Waals surface area contributed by atoms with Crippen LogP contribution in [0.2, 0.25) is 5.02 Å². The van der Waals surface area contributed by atoms with Crippen molar-refractivity contribution in [3.63, 3.8) is 0 Å². The fourth-order valence-corrected chi connectivity index (χ4v) is 2.78. The number of rotatable bonds is 4. The van der Waals surface area contributed by atoms with E-state index in [1.807, 2.05) is 30.3 Å². The van der Waals surface area contributed by atoms with Gasteiger partial charge >= 0.3 is 5.97 Å². The van der Waals surface area contributed by atoms with Crippen LogP contribution in [-0.2, 0) is 4.74 Å². The topological polar surface area (TPSA) is 95.4 Å². The number of hydrogen-bond acceptors (Lipinski definition) is 7. The molecule has 4 aromatic rings. The monoisotopic (exact) mass is 396 g/mol. The molecule has 0 aliphatic carbocycles. The molecule has 0 spiro atoms. The van der Waals surface area contributed by atoms with E-state index in [4.69, 9.17) is 25.3 Å². The van der Waals surface area contributed by atoms with Crippen molar-refractivity contribution in [3.8, 4) is 11.4 Å². The van der Waals surface area contributed by atoms with Crippen LogP contribution in [0.25, 0.3) is 22.4 Å². The van der Waals surface area contributed by atoms with Crippen molar-refractivity contribution in [2.45, 2.75) is 13.0 Å².